The summed E-state index contributed by atoms with van der Waals surface area (Å²) >= 11 is 1.66. The Morgan fingerprint density at radius 1 is 1.43 bits per heavy atom. The predicted molar refractivity (Wildman–Crippen MR) is 91.8 cm³/mol. The van der Waals surface area contributed by atoms with Gasteiger partial charge in [0.05, 0.1) is 24.0 Å². The molecule has 120 valence electrons. The van der Waals surface area contributed by atoms with E-state index in [0.717, 1.165) is 17.5 Å². The zero-order valence-electron chi connectivity index (χ0n) is 12.9. The molecule has 0 unspecified atom stereocenters. The fraction of sp³-hybridized carbons (Fsp3) is 0.294. The largest absolute Gasteiger partial charge is 0.395 e. The van der Waals surface area contributed by atoms with Gasteiger partial charge in [-0.25, -0.2) is 4.98 Å². The lowest BCUT2D eigenvalue weighted by molar-refractivity contribution is 0.0940. The minimum absolute atomic E-state index is 0.0633. The molecule has 0 fully saturated rings. The van der Waals surface area contributed by atoms with Gasteiger partial charge >= 0.3 is 0 Å². The Balaban J connectivity index is 1.70. The van der Waals surface area contributed by atoms with E-state index in [1.54, 1.807) is 29.8 Å². The Bertz CT molecular complexity index is 795. The van der Waals surface area contributed by atoms with Crippen LogP contribution in [0, 0.1) is 0 Å². The molecular formula is C17H19N3O2S. The molecule has 0 spiro atoms. The molecule has 1 amide bonds. The molecule has 0 aliphatic carbocycles. The number of nitrogens with zero attached hydrogens (tertiary/aromatic N) is 2. The first-order valence-electron chi connectivity index (χ1n) is 7.55. The van der Waals surface area contributed by atoms with E-state index in [9.17, 15) is 4.79 Å². The number of hydrogen-bond donors (Lipinski definition) is 2. The second-order valence-corrected chi connectivity index (χ2v) is 6.36. The number of thiophene rings is 1. The molecule has 0 bridgehead atoms. The lowest BCUT2D eigenvalue weighted by Crippen LogP contribution is -2.33. The van der Waals surface area contributed by atoms with Crippen LogP contribution in [0.2, 0.25) is 0 Å². The smallest absolute Gasteiger partial charge is 0.251 e. The molecule has 3 rings (SSSR count). The molecule has 0 radical (unpaired) electrons. The number of nitrogens with one attached hydrogen (secondary N) is 1. The first kappa shape index (κ1) is 15.7. The standard InChI is InChI=1S/C17H19N3O2S/c1-12(8-13-4-7-23-10-13)19-17(22)14-2-3-16-15(9-14)18-11-20(16)5-6-21/h2-4,7,9-12,21H,5-6,8H2,1H3,(H,19,22)/t12-/m0/s1. The summed E-state index contributed by atoms with van der Waals surface area (Å²) in [5.74, 6) is -0.0914. The molecule has 2 aromatic heterocycles. The van der Waals surface area contributed by atoms with Crippen LogP contribution in [-0.4, -0.2) is 33.2 Å². The molecule has 1 aromatic carbocycles. The van der Waals surface area contributed by atoms with Crippen molar-refractivity contribution in [3.63, 3.8) is 0 Å². The lowest BCUT2D eigenvalue weighted by atomic mass is 10.1. The summed E-state index contributed by atoms with van der Waals surface area (Å²) in [5, 5.41) is 16.2. The quantitative estimate of drug-likeness (QED) is 0.730. The molecule has 6 heteroatoms. The number of fused-ring (bicyclic) bond motifs is 1. The number of aliphatic hydroxyl groups is 1. The third kappa shape index (κ3) is 3.60. The maximum absolute atomic E-state index is 12.4. The number of hydrogen-bond acceptors (Lipinski definition) is 4. The monoisotopic (exact) mass is 329 g/mol. The minimum atomic E-state index is -0.0914. The molecule has 0 saturated carbocycles. The average Bonchev–Trinajstić information content (AvgIpc) is 3.17. The van der Waals surface area contributed by atoms with Crippen molar-refractivity contribution < 1.29 is 9.90 Å². The van der Waals surface area contributed by atoms with Gasteiger partial charge in [-0.1, -0.05) is 0 Å². The van der Waals surface area contributed by atoms with E-state index < -0.39 is 0 Å². The molecule has 3 aromatic rings. The van der Waals surface area contributed by atoms with E-state index in [1.165, 1.54) is 5.56 Å². The molecule has 1 atom stereocenters. The van der Waals surface area contributed by atoms with Gasteiger partial charge < -0.3 is 15.0 Å². The van der Waals surface area contributed by atoms with Crippen LogP contribution < -0.4 is 5.32 Å². The first-order chi connectivity index (χ1) is 11.2. The van der Waals surface area contributed by atoms with E-state index in [1.807, 2.05) is 22.9 Å². The Kier molecular flexibility index (Phi) is 4.73. The van der Waals surface area contributed by atoms with Gasteiger partial charge in [0.1, 0.15) is 0 Å². The third-order valence-electron chi connectivity index (χ3n) is 3.72. The van der Waals surface area contributed by atoms with Crippen LogP contribution in [0.15, 0.2) is 41.4 Å². The maximum atomic E-state index is 12.4. The highest BCUT2D eigenvalue weighted by Crippen LogP contribution is 2.15. The second kappa shape index (κ2) is 6.93. The number of carbonyl (C=O) groups excluding carboxylic acids is 1. The normalized spacial score (nSPS) is 12.4. The number of rotatable bonds is 6. The zero-order valence-corrected chi connectivity index (χ0v) is 13.7. The minimum Gasteiger partial charge on any atom is -0.395 e. The van der Waals surface area contributed by atoms with Gasteiger partial charge in [0.15, 0.2) is 0 Å². The Labute approximate surface area is 138 Å². The van der Waals surface area contributed by atoms with Gasteiger partial charge in [0, 0.05) is 18.2 Å². The van der Waals surface area contributed by atoms with Crippen molar-refractivity contribution in [2.45, 2.75) is 25.9 Å². The highest BCUT2D eigenvalue weighted by Gasteiger charge is 2.12. The average molecular weight is 329 g/mol. The van der Waals surface area contributed by atoms with E-state index in [2.05, 4.69) is 21.7 Å². The summed E-state index contributed by atoms with van der Waals surface area (Å²) in [4.78, 5) is 16.7. The molecule has 0 saturated heterocycles. The summed E-state index contributed by atoms with van der Waals surface area (Å²) in [6, 6.07) is 7.60. The molecule has 23 heavy (non-hydrogen) atoms. The Morgan fingerprint density at radius 3 is 3.04 bits per heavy atom. The van der Waals surface area contributed by atoms with E-state index in [-0.39, 0.29) is 18.6 Å². The molecular weight excluding hydrogens is 310 g/mol. The zero-order chi connectivity index (χ0) is 16.2. The van der Waals surface area contributed by atoms with Crippen LogP contribution in [0.5, 0.6) is 0 Å². The van der Waals surface area contributed by atoms with Crippen molar-refractivity contribution in [3.05, 3.63) is 52.5 Å². The molecule has 2 N–H and O–H groups in total. The van der Waals surface area contributed by atoms with Gasteiger partial charge in [-0.15, -0.1) is 0 Å². The van der Waals surface area contributed by atoms with Gasteiger partial charge in [-0.2, -0.15) is 11.3 Å². The van der Waals surface area contributed by atoms with Crippen LogP contribution in [0.25, 0.3) is 11.0 Å². The third-order valence-corrected chi connectivity index (χ3v) is 4.46. The highest BCUT2D eigenvalue weighted by molar-refractivity contribution is 7.07. The second-order valence-electron chi connectivity index (χ2n) is 5.58. The predicted octanol–water partition coefficient (Wildman–Crippen LogP) is 2.45. The van der Waals surface area contributed by atoms with Gasteiger partial charge in [0.2, 0.25) is 0 Å². The van der Waals surface area contributed by atoms with Crippen LogP contribution in [0.4, 0.5) is 0 Å². The maximum Gasteiger partial charge on any atom is 0.251 e. The lowest BCUT2D eigenvalue weighted by Gasteiger charge is -2.13. The highest BCUT2D eigenvalue weighted by atomic mass is 32.1. The summed E-state index contributed by atoms with van der Waals surface area (Å²) in [7, 11) is 0. The summed E-state index contributed by atoms with van der Waals surface area (Å²) in [5.41, 5.74) is 3.52. The van der Waals surface area contributed by atoms with Gasteiger partial charge in [-0.3, -0.25) is 4.79 Å². The number of carbonyl (C=O) groups is 1. The number of imidazole rings is 1. The van der Waals surface area contributed by atoms with Crippen LogP contribution in [-0.2, 0) is 13.0 Å². The number of aromatic nitrogens is 2. The van der Waals surface area contributed by atoms with Crippen molar-refractivity contribution in [1.82, 2.24) is 14.9 Å². The van der Waals surface area contributed by atoms with Crippen molar-refractivity contribution in [2.75, 3.05) is 6.61 Å². The van der Waals surface area contributed by atoms with Crippen LogP contribution in [0.3, 0.4) is 0 Å². The molecule has 2 heterocycles. The molecule has 0 aliphatic rings. The fourth-order valence-electron chi connectivity index (χ4n) is 2.61. The van der Waals surface area contributed by atoms with Crippen molar-refractivity contribution in [1.29, 1.82) is 0 Å². The Hall–Kier alpha value is -2.18. The Morgan fingerprint density at radius 2 is 2.30 bits per heavy atom. The SMILES string of the molecule is C[C@@H](Cc1ccsc1)NC(=O)c1ccc2c(c1)ncn2CCO. The number of benzene rings is 1. The van der Waals surface area contributed by atoms with Gasteiger partial charge in [0.25, 0.3) is 5.91 Å². The topological polar surface area (TPSA) is 67.2 Å². The van der Waals surface area contributed by atoms with Crippen molar-refractivity contribution in [3.8, 4) is 0 Å². The molecule has 0 aliphatic heterocycles. The van der Waals surface area contributed by atoms with Gasteiger partial charge in [-0.05, 0) is 53.9 Å². The fourth-order valence-corrected chi connectivity index (χ4v) is 3.29. The van der Waals surface area contributed by atoms with E-state index in [0.29, 0.717) is 12.1 Å². The molecule has 5 nitrogen and oxygen atoms in total. The van der Waals surface area contributed by atoms with Crippen LogP contribution >= 0.6 is 11.3 Å². The summed E-state index contributed by atoms with van der Waals surface area (Å²) in [6.45, 7) is 2.57. The van der Waals surface area contributed by atoms with Crippen molar-refractivity contribution in [2.24, 2.45) is 0 Å². The van der Waals surface area contributed by atoms with E-state index in [4.69, 9.17) is 5.11 Å². The van der Waals surface area contributed by atoms with E-state index >= 15 is 0 Å². The van der Waals surface area contributed by atoms with Crippen LogP contribution in [0.1, 0.15) is 22.8 Å². The van der Waals surface area contributed by atoms with Crippen molar-refractivity contribution >= 4 is 28.3 Å². The first-order valence-corrected chi connectivity index (χ1v) is 8.49. The number of amides is 1. The summed E-state index contributed by atoms with van der Waals surface area (Å²) < 4.78 is 1.87. The summed E-state index contributed by atoms with van der Waals surface area (Å²) in [6.07, 6.45) is 2.50. The number of aliphatic hydroxyl groups excluding tert-OH is 1.